The van der Waals surface area contributed by atoms with Crippen molar-refractivity contribution >= 4 is 36.5 Å². The third kappa shape index (κ3) is 6.17. The minimum Gasteiger partial charge on any atom is -0.355 e. The van der Waals surface area contributed by atoms with E-state index in [1.165, 1.54) is 6.07 Å². The van der Waals surface area contributed by atoms with Crippen LogP contribution >= 0.6 is 24.8 Å². The van der Waals surface area contributed by atoms with E-state index in [0.29, 0.717) is 32.0 Å². The van der Waals surface area contributed by atoms with Crippen molar-refractivity contribution in [3.8, 4) is 0 Å². The highest BCUT2D eigenvalue weighted by Crippen LogP contribution is 2.29. The van der Waals surface area contributed by atoms with Gasteiger partial charge >= 0.3 is 6.18 Å². The van der Waals surface area contributed by atoms with E-state index >= 15 is 0 Å². The molecule has 1 aliphatic rings. The van der Waals surface area contributed by atoms with Crippen LogP contribution in [-0.4, -0.2) is 48.0 Å². The summed E-state index contributed by atoms with van der Waals surface area (Å²) in [6.45, 7) is 6.05. The summed E-state index contributed by atoms with van der Waals surface area (Å²) in [6.07, 6.45) is -2.82. The summed E-state index contributed by atoms with van der Waals surface area (Å²) in [7, 11) is 0. The van der Waals surface area contributed by atoms with Crippen LogP contribution in [0.1, 0.15) is 25.8 Å². The van der Waals surface area contributed by atoms with Gasteiger partial charge in [-0.1, -0.05) is 13.8 Å². The number of carbonyl (C=O) groups excluding carboxylic acids is 1. The minimum atomic E-state index is -4.39. The van der Waals surface area contributed by atoms with Crippen molar-refractivity contribution in [3.63, 3.8) is 0 Å². The maximum Gasteiger partial charge on any atom is 0.417 e. The summed E-state index contributed by atoms with van der Waals surface area (Å²) < 4.78 is 37.8. The zero-order chi connectivity index (χ0) is 17.9. The van der Waals surface area contributed by atoms with Crippen molar-refractivity contribution < 1.29 is 18.0 Å². The number of carbonyl (C=O) groups is 1. The first-order valence-corrected chi connectivity index (χ1v) is 8.02. The van der Waals surface area contributed by atoms with E-state index in [0.717, 1.165) is 18.7 Å². The van der Waals surface area contributed by atoms with Crippen LogP contribution in [0.5, 0.6) is 0 Å². The monoisotopic (exact) mass is 416 g/mol. The molecule has 1 saturated heterocycles. The largest absolute Gasteiger partial charge is 0.417 e. The number of aromatic nitrogens is 1. The maximum atomic E-state index is 12.6. The molecule has 1 aromatic rings. The van der Waals surface area contributed by atoms with E-state index in [9.17, 15) is 18.0 Å². The molecule has 1 aromatic heterocycles. The highest BCUT2D eigenvalue weighted by atomic mass is 35.5. The van der Waals surface area contributed by atoms with Crippen LogP contribution in [0.2, 0.25) is 0 Å². The van der Waals surface area contributed by atoms with Gasteiger partial charge in [0.05, 0.1) is 11.6 Å². The van der Waals surface area contributed by atoms with Crippen LogP contribution in [-0.2, 0) is 11.0 Å². The first-order chi connectivity index (χ1) is 11.2. The van der Waals surface area contributed by atoms with Gasteiger partial charge in [0.25, 0.3) is 0 Å². The van der Waals surface area contributed by atoms with Crippen LogP contribution in [0.3, 0.4) is 0 Å². The topological polar surface area (TPSA) is 62.5 Å². The van der Waals surface area contributed by atoms with Crippen LogP contribution in [0.25, 0.3) is 0 Å². The van der Waals surface area contributed by atoms with Gasteiger partial charge in [0.1, 0.15) is 5.82 Å². The molecule has 2 heterocycles. The molecule has 10 heteroatoms. The molecule has 0 aromatic carbocycles. The number of nitrogens with zero attached hydrogens (tertiary/aromatic N) is 3. The number of hydrogen-bond acceptors (Lipinski definition) is 4. The lowest BCUT2D eigenvalue weighted by molar-refractivity contribution is -0.138. The molecular formula is C16H25Cl2F3N4O. The number of nitrogens with two attached hydrogens (primary N) is 1. The molecule has 150 valence electrons. The van der Waals surface area contributed by atoms with Crippen molar-refractivity contribution in [1.29, 1.82) is 0 Å². The summed E-state index contributed by atoms with van der Waals surface area (Å²) >= 11 is 0. The number of amides is 1. The van der Waals surface area contributed by atoms with Crippen molar-refractivity contribution in [2.75, 3.05) is 31.1 Å². The molecule has 0 spiro atoms. The second-order valence-corrected chi connectivity index (χ2v) is 6.34. The maximum absolute atomic E-state index is 12.6. The number of anilines is 1. The molecule has 1 amide bonds. The third-order valence-electron chi connectivity index (χ3n) is 4.21. The molecule has 0 saturated carbocycles. The molecule has 1 fully saturated rings. The Morgan fingerprint density at radius 2 is 1.81 bits per heavy atom. The van der Waals surface area contributed by atoms with Gasteiger partial charge < -0.3 is 15.5 Å². The fourth-order valence-corrected chi connectivity index (χ4v) is 2.60. The van der Waals surface area contributed by atoms with Crippen molar-refractivity contribution in [3.05, 3.63) is 23.9 Å². The number of halogens is 5. The lowest BCUT2D eigenvalue weighted by Gasteiger charge is -2.26. The molecule has 5 nitrogen and oxygen atoms in total. The minimum absolute atomic E-state index is 0. The van der Waals surface area contributed by atoms with Crippen LogP contribution in [0.15, 0.2) is 18.3 Å². The molecular weight excluding hydrogens is 392 g/mol. The van der Waals surface area contributed by atoms with Gasteiger partial charge in [0.2, 0.25) is 5.91 Å². The van der Waals surface area contributed by atoms with Crippen LogP contribution < -0.4 is 10.6 Å². The summed E-state index contributed by atoms with van der Waals surface area (Å²) in [5.74, 6) is 0.478. The SMILES string of the molecule is CC(C)[C@H](N)C(=O)N1CCCN(c2ccc(C(F)(F)F)cn2)CC1.Cl.Cl. The summed E-state index contributed by atoms with van der Waals surface area (Å²) in [5.41, 5.74) is 5.16. The standard InChI is InChI=1S/C16H23F3N4O.2ClH/c1-11(2)14(20)15(24)23-7-3-6-22(8-9-23)13-5-4-12(10-21-13)16(17,18)19;;/h4-5,10-11,14H,3,6-9,20H2,1-2H3;2*1H/t14-;;/m0../s1. The lowest BCUT2D eigenvalue weighted by atomic mass is 10.0. The normalized spacial score (nSPS) is 16.4. The number of rotatable bonds is 3. The van der Waals surface area contributed by atoms with E-state index in [2.05, 4.69) is 4.98 Å². The van der Waals surface area contributed by atoms with Crippen LogP contribution in [0, 0.1) is 5.92 Å². The second kappa shape index (κ2) is 10.2. The molecule has 2 N–H and O–H groups in total. The molecule has 0 aliphatic carbocycles. The molecule has 26 heavy (non-hydrogen) atoms. The summed E-state index contributed by atoms with van der Waals surface area (Å²) in [5, 5.41) is 0. The first-order valence-electron chi connectivity index (χ1n) is 8.02. The zero-order valence-electron chi connectivity index (χ0n) is 14.7. The molecule has 0 unspecified atom stereocenters. The van der Waals surface area contributed by atoms with E-state index < -0.39 is 17.8 Å². The van der Waals surface area contributed by atoms with Gasteiger partial charge in [-0.25, -0.2) is 4.98 Å². The second-order valence-electron chi connectivity index (χ2n) is 6.34. The zero-order valence-corrected chi connectivity index (χ0v) is 16.3. The third-order valence-corrected chi connectivity index (χ3v) is 4.21. The Bertz CT molecular complexity index is 570. The fourth-order valence-electron chi connectivity index (χ4n) is 2.60. The van der Waals surface area contributed by atoms with E-state index in [1.807, 2.05) is 18.7 Å². The molecule has 0 radical (unpaired) electrons. The Labute approximate surface area is 163 Å². The highest BCUT2D eigenvalue weighted by molar-refractivity contribution is 5.85. The van der Waals surface area contributed by atoms with Gasteiger partial charge in [-0.15, -0.1) is 24.8 Å². The predicted octanol–water partition coefficient (Wildman–Crippen LogP) is 2.97. The first kappa shape index (κ1) is 24.8. The Hall–Kier alpha value is -1.25. The van der Waals surface area contributed by atoms with E-state index in [4.69, 9.17) is 5.73 Å². The predicted molar refractivity (Wildman–Crippen MR) is 100.0 cm³/mol. The van der Waals surface area contributed by atoms with Gasteiger partial charge in [-0.2, -0.15) is 13.2 Å². The Morgan fingerprint density at radius 1 is 1.15 bits per heavy atom. The number of alkyl halides is 3. The molecule has 2 rings (SSSR count). The van der Waals surface area contributed by atoms with Gasteiger partial charge in [-0.3, -0.25) is 4.79 Å². The highest BCUT2D eigenvalue weighted by Gasteiger charge is 2.31. The Kier molecular flexibility index (Phi) is 9.69. The number of hydrogen-bond donors (Lipinski definition) is 1. The lowest BCUT2D eigenvalue weighted by Crippen LogP contribution is -2.47. The molecule has 1 atom stereocenters. The fraction of sp³-hybridized carbons (Fsp3) is 0.625. The Morgan fingerprint density at radius 3 is 2.31 bits per heavy atom. The summed E-state index contributed by atoms with van der Waals surface area (Å²) in [6, 6.07) is 1.88. The average Bonchev–Trinajstić information content (AvgIpc) is 2.78. The Balaban J connectivity index is 0.00000312. The molecule has 0 bridgehead atoms. The van der Waals surface area contributed by atoms with Gasteiger partial charge in [0, 0.05) is 32.4 Å². The molecule has 1 aliphatic heterocycles. The van der Waals surface area contributed by atoms with Gasteiger partial charge in [-0.05, 0) is 24.5 Å². The van der Waals surface area contributed by atoms with Crippen LogP contribution in [0.4, 0.5) is 19.0 Å². The smallest absolute Gasteiger partial charge is 0.355 e. The summed E-state index contributed by atoms with van der Waals surface area (Å²) in [4.78, 5) is 19.9. The average molecular weight is 417 g/mol. The quantitative estimate of drug-likeness (QED) is 0.822. The van der Waals surface area contributed by atoms with E-state index in [1.54, 1.807) is 4.90 Å². The van der Waals surface area contributed by atoms with Crippen molar-refractivity contribution in [2.24, 2.45) is 11.7 Å². The van der Waals surface area contributed by atoms with E-state index in [-0.39, 0.29) is 36.6 Å². The van der Waals surface area contributed by atoms with Crippen molar-refractivity contribution in [1.82, 2.24) is 9.88 Å². The van der Waals surface area contributed by atoms with Gasteiger partial charge in [0.15, 0.2) is 0 Å². The van der Waals surface area contributed by atoms with Crippen molar-refractivity contribution in [2.45, 2.75) is 32.5 Å². The number of pyridine rings is 1.